The second-order valence-corrected chi connectivity index (χ2v) is 4.45. The van der Waals surface area contributed by atoms with Crippen LogP contribution < -0.4 is 14.8 Å². The normalized spacial score (nSPS) is 11.1. The highest BCUT2D eigenvalue weighted by molar-refractivity contribution is 5.43. The third kappa shape index (κ3) is 5.87. The molecule has 0 unspecified atom stereocenters. The molecule has 1 aromatic carbocycles. The molecule has 0 aromatic heterocycles. The van der Waals surface area contributed by atoms with Crippen molar-refractivity contribution in [2.24, 2.45) is 0 Å². The van der Waals surface area contributed by atoms with Gasteiger partial charge in [0.15, 0.2) is 11.5 Å². The van der Waals surface area contributed by atoms with Gasteiger partial charge in [-0.15, -0.1) is 0 Å². The van der Waals surface area contributed by atoms with Crippen molar-refractivity contribution in [3.63, 3.8) is 0 Å². The number of hydrogen-bond donors (Lipinski definition) is 1. The van der Waals surface area contributed by atoms with Gasteiger partial charge >= 0.3 is 0 Å². The first-order valence-electron chi connectivity index (χ1n) is 6.43. The molecular weight excluding hydrogens is 252 g/mol. The molecule has 0 radical (unpaired) electrons. The summed E-state index contributed by atoms with van der Waals surface area (Å²) in [5.41, 5.74) is 1.03. The van der Waals surface area contributed by atoms with Gasteiger partial charge in [0, 0.05) is 12.6 Å². The summed E-state index contributed by atoms with van der Waals surface area (Å²) in [5.74, 6) is 0.863. The van der Waals surface area contributed by atoms with Gasteiger partial charge in [-0.05, 0) is 24.6 Å². The number of nitrogens with one attached hydrogen (secondary N) is 1. The Hall–Kier alpha value is -1.36. The van der Waals surface area contributed by atoms with E-state index in [0.29, 0.717) is 30.7 Å². The number of halogens is 2. The summed E-state index contributed by atoms with van der Waals surface area (Å²) in [7, 11) is 0. The quantitative estimate of drug-likeness (QED) is 0.789. The van der Waals surface area contributed by atoms with Crippen molar-refractivity contribution in [1.29, 1.82) is 0 Å². The summed E-state index contributed by atoms with van der Waals surface area (Å²) in [6.07, 6.45) is -2.49. The molecule has 0 fully saturated rings. The number of benzene rings is 1. The predicted molar refractivity (Wildman–Crippen MR) is 71.1 cm³/mol. The fourth-order valence-corrected chi connectivity index (χ4v) is 1.52. The van der Waals surface area contributed by atoms with Crippen LogP contribution in [0.3, 0.4) is 0 Å². The van der Waals surface area contributed by atoms with E-state index in [0.717, 1.165) is 5.56 Å². The van der Waals surface area contributed by atoms with Crippen molar-refractivity contribution in [2.75, 3.05) is 13.2 Å². The van der Waals surface area contributed by atoms with Crippen LogP contribution in [0.1, 0.15) is 26.3 Å². The van der Waals surface area contributed by atoms with Crippen molar-refractivity contribution >= 4 is 0 Å². The van der Waals surface area contributed by atoms with Gasteiger partial charge in [-0.2, -0.15) is 0 Å². The lowest BCUT2D eigenvalue weighted by Gasteiger charge is -2.14. The molecule has 0 spiro atoms. The highest BCUT2D eigenvalue weighted by atomic mass is 19.3. The summed E-state index contributed by atoms with van der Waals surface area (Å²) in [6.45, 7) is 6.51. The SMILES string of the molecule is CCOc1cc(CNC(C)C)ccc1OCC(F)F. The predicted octanol–water partition coefficient (Wildman–Crippen LogP) is 3.23. The lowest BCUT2D eigenvalue weighted by atomic mass is 10.2. The number of ether oxygens (including phenoxy) is 2. The molecule has 0 bridgehead atoms. The minimum Gasteiger partial charge on any atom is -0.490 e. The van der Waals surface area contributed by atoms with Crippen LogP contribution in [0, 0.1) is 0 Å². The zero-order valence-corrected chi connectivity index (χ0v) is 11.6. The smallest absolute Gasteiger partial charge is 0.272 e. The van der Waals surface area contributed by atoms with E-state index >= 15 is 0 Å². The van der Waals surface area contributed by atoms with Crippen LogP contribution in [0.25, 0.3) is 0 Å². The summed E-state index contributed by atoms with van der Waals surface area (Å²) in [6, 6.07) is 5.72. The standard InChI is InChI=1S/C14H21F2NO2/c1-4-18-13-7-11(8-17-10(2)3)5-6-12(13)19-9-14(15)16/h5-7,10,14,17H,4,8-9H2,1-3H3. The monoisotopic (exact) mass is 273 g/mol. The van der Waals surface area contributed by atoms with Crippen LogP contribution in [-0.2, 0) is 6.54 Å². The molecule has 5 heteroatoms. The molecule has 0 heterocycles. The second kappa shape index (κ2) is 7.94. The average molecular weight is 273 g/mol. The van der Waals surface area contributed by atoms with Gasteiger partial charge in [0.25, 0.3) is 6.43 Å². The molecule has 108 valence electrons. The molecule has 1 N–H and O–H groups in total. The van der Waals surface area contributed by atoms with Gasteiger partial charge in [0.05, 0.1) is 6.61 Å². The highest BCUT2D eigenvalue weighted by Gasteiger charge is 2.10. The molecule has 0 saturated carbocycles. The van der Waals surface area contributed by atoms with Crippen LogP contribution in [0.5, 0.6) is 11.5 Å². The second-order valence-electron chi connectivity index (χ2n) is 4.45. The Morgan fingerprint density at radius 2 is 1.89 bits per heavy atom. The Bertz CT molecular complexity index is 384. The van der Waals surface area contributed by atoms with E-state index in [9.17, 15) is 8.78 Å². The first kappa shape index (κ1) is 15.7. The van der Waals surface area contributed by atoms with Gasteiger partial charge in [0.1, 0.15) is 6.61 Å². The van der Waals surface area contributed by atoms with E-state index in [4.69, 9.17) is 9.47 Å². The fraction of sp³-hybridized carbons (Fsp3) is 0.571. The van der Waals surface area contributed by atoms with Crippen molar-refractivity contribution < 1.29 is 18.3 Å². The Balaban J connectivity index is 2.75. The number of hydrogen-bond acceptors (Lipinski definition) is 3. The van der Waals surface area contributed by atoms with E-state index in [2.05, 4.69) is 19.2 Å². The molecule has 19 heavy (non-hydrogen) atoms. The summed E-state index contributed by atoms with van der Waals surface area (Å²) in [4.78, 5) is 0. The topological polar surface area (TPSA) is 30.5 Å². The Morgan fingerprint density at radius 3 is 2.47 bits per heavy atom. The first-order chi connectivity index (χ1) is 9.02. The Morgan fingerprint density at radius 1 is 1.16 bits per heavy atom. The van der Waals surface area contributed by atoms with Gasteiger partial charge in [-0.25, -0.2) is 8.78 Å². The van der Waals surface area contributed by atoms with E-state index in [1.165, 1.54) is 0 Å². The van der Waals surface area contributed by atoms with Gasteiger partial charge in [-0.3, -0.25) is 0 Å². The molecular formula is C14H21F2NO2. The van der Waals surface area contributed by atoms with Crippen LogP contribution >= 0.6 is 0 Å². The van der Waals surface area contributed by atoms with E-state index in [1.54, 1.807) is 6.07 Å². The van der Waals surface area contributed by atoms with Gasteiger partial charge < -0.3 is 14.8 Å². The van der Waals surface area contributed by atoms with Crippen molar-refractivity contribution in [3.05, 3.63) is 23.8 Å². The average Bonchev–Trinajstić information content (AvgIpc) is 2.35. The number of rotatable bonds is 8. The summed E-state index contributed by atoms with van der Waals surface area (Å²) in [5, 5.41) is 3.28. The van der Waals surface area contributed by atoms with Crippen LogP contribution in [-0.4, -0.2) is 25.7 Å². The third-order valence-electron chi connectivity index (χ3n) is 2.39. The van der Waals surface area contributed by atoms with Gasteiger partial charge in [0.2, 0.25) is 0 Å². The minimum absolute atomic E-state index is 0.357. The van der Waals surface area contributed by atoms with Crippen molar-refractivity contribution in [3.8, 4) is 11.5 Å². The van der Waals surface area contributed by atoms with Crippen LogP contribution in [0.2, 0.25) is 0 Å². The van der Waals surface area contributed by atoms with Crippen molar-refractivity contribution in [1.82, 2.24) is 5.32 Å². The Kier molecular flexibility index (Phi) is 6.56. The molecule has 0 amide bonds. The van der Waals surface area contributed by atoms with E-state index < -0.39 is 13.0 Å². The summed E-state index contributed by atoms with van der Waals surface area (Å²) < 4.78 is 34.8. The third-order valence-corrected chi connectivity index (χ3v) is 2.39. The van der Waals surface area contributed by atoms with Crippen molar-refractivity contribution in [2.45, 2.75) is 39.8 Å². The molecule has 1 aromatic rings. The largest absolute Gasteiger partial charge is 0.490 e. The molecule has 0 saturated heterocycles. The molecule has 0 aliphatic heterocycles. The zero-order valence-electron chi connectivity index (χ0n) is 11.6. The summed E-state index contributed by atoms with van der Waals surface area (Å²) >= 11 is 0. The molecule has 0 aliphatic rings. The Labute approximate surface area is 112 Å². The first-order valence-corrected chi connectivity index (χ1v) is 6.43. The fourth-order valence-electron chi connectivity index (χ4n) is 1.52. The molecule has 0 aliphatic carbocycles. The number of alkyl halides is 2. The zero-order chi connectivity index (χ0) is 14.3. The molecule has 0 atom stereocenters. The molecule has 1 rings (SSSR count). The maximum Gasteiger partial charge on any atom is 0.272 e. The minimum atomic E-state index is -2.49. The van der Waals surface area contributed by atoms with E-state index in [-0.39, 0.29) is 0 Å². The van der Waals surface area contributed by atoms with E-state index in [1.807, 2.05) is 19.1 Å². The lowest BCUT2D eigenvalue weighted by Crippen LogP contribution is -2.21. The maximum atomic E-state index is 12.2. The maximum absolute atomic E-state index is 12.2. The lowest BCUT2D eigenvalue weighted by molar-refractivity contribution is 0.0800. The van der Waals surface area contributed by atoms with Gasteiger partial charge in [-0.1, -0.05) is 19.9 Å². The van der Waals surface area contributed by atoms with Crippen LogP contribution in [0.4, 0.5) is 8.78 Å². The molecule has 3 nitrogen and oxygen atoms in total. The van der Waals surface area contributed by atoms with Crippen LogP contribution in [0.15, 0.2) is 18.2 Å². The highest BCUT2D eigenvalue weighted by Crippen LogP contribution is 2.28.